The van der Waals surface area contributed by atoms with Gasteiger partial charge in [0.25, 0.3) is 5.91 Å². The average Bonchev–Trinajstić information content (AvgIpc) is 2.86. The van der Waals surface area contributed by atoms with Crippen LogP contribution in [0.4, 0.5) is 5.95 Å². The van der Waals surface area contributed by atoms with E-state index in [2.05, 4.69) is 30.1 Å². The fourth-order valence-corrected chi connectivity index (χ4v) is 1.81. The van der Waals surface area contributed by atoms with Crippen LogP contribution in [0.3, 0.4) is 0 Å². The van der Waals surface area contributed by atoms with Crippen molar-refractivity contribution in [1.29, 1.82) is 0 Å². The second-order valence-electron chi connectivity index (χ2n) is 3.10. The van der Waals surface area contributed by atoms with Crippen LogP contribution in [0, 0.1) is 6.92 Å². The molecule has 0 radical (unpaired) electrons. The zero-order chi connectivity index (χ0) is 11.5. The highest BCUT2D eigenvalue weighted by molar-refractivity contribution is 7.08. The molecule has 2 N–H and O–H groups in total. The number of aromatic nitrogens is 5. The molecular weight excluding hydrogens is 228 g/mol. The minimum absolute atomic E-state index is 0.262. The Morgan fingerprint density at radius 2 is 2.38 bits per heavy atom. The van der Waals surface area contributed by atoms with Gasteiger partial charge in [0.2, 0.25) is 5.95 Å². The number of nitrogens with one attached hydrogen (secondary N) is 2. The molecule has 0 aliphatic heterocycles. The Kier molecular flexibility index (Phi) is 2.91. The molecule has 2 rings (SSSR count). The second kappa shape index (κ2) is 4.35. The van der Waals surface area contributed by atoms with Gasteiger partial charge in [-0.2, -0.15) is 4.98 Å². The smallest absolute Gasteiger partial charge is 0.271 e. The number of hydrogen-bond donors (Lipinski definition) is 2. The van der Waals surface area contributed by atoms with Crippen LogP contribution in [0.2, 0.25) is 0 Å². The summed E-state index contributed by atoms with van der Waals surface area (Å²) in [6.45, 7) is 3.68. The molecule has 7 nitrogen and oxygen atoms in total. The monoisotopic (exact) mass is 238 g/mol. The zero-order valence-electron chi connectivity index (χ0n) is 8.81. The Morgan fingerprint density at radius 3 is 3.00 bits per heavy atom. The van der Waals surface area contributed by atoms with Gasteiger partial charge in [-0.05, 0) is 24.9 Å². The summed E-state index contributed by atoms with van der Waals surface area (Å²) in [7, 11) is 0. The highest BCUT2D eigenvalue weighted by atomic mass is 32.1. The van der Waals surface area contributed by atoms with Gasteiger partial charge in [0, 0.05) is 0 Å². The molecule has 0 unspecified atom stereocenters. The molecule has 2 aromatic heterocycles. The SMILES string of the molecule is CCc1nnsc1C(=O)Nc1n[nH]c(C)n1. The van der Waals surface area contributed by atoms with Crippen LogP contribution in [0.25, 0.3) is 0 Å². The highest BCUT2D eigenvalue weighted by Crippen LogP contribution is 2.12. The number of aromatic amines is 1. The van der Waals surface area contributed by atoms with E-state index in [0.29, 0.717) is 22.8 Å². The summed E-state index contributed by atoms with van der Waals surface area (Å²) in [5, 5.41) is 12.9. The van der Waals surface area contributed by atoms with E-state index in [1.54, 1.807) is 6.92 Å². The van der Waals surface area contributed by atoms with Gasteiger partial charge in [-0.15, -0.1) is 10.2 Å². The molecular formula is C8H10N6OS. The van der Waals surface area contributed by atoms with Gasteiger partial charge in [0.05, 0.1) is 5.69 Å². The molecule has 0 bridgehead atoms. The van der Waals surface area contributed by atoms with Crippen LogP contribution in [0.15, 0.2) is 0 Å². The quantitative estimate of drug-likeness (QED) is 0.823. The minimum Gasteiger partial charge on any atom is -0.288 e. The lowest BCUT2D eigenvalue weighted by Gasteiger charge is -1.97. The number of carbonyl (C=O) groups excluding carboxylic acids is 1. The Labute approximate surface area is 95.5 Å². The maximum atomic E-state index is 11.8. The van der Waals surface area contributed by atoms with Crippen molar-refractivity contribution in [3.8, 4) is 0 Å². The van der Waals surface area contributed by atoms with Gasteiger partial charge in [0.15, 0.2) is 0 Å². The number of H-pyrrole nitrogens is 1. The molecule has 0 aliphatic rings. The first-order valence-electron chi connectivity index (χ1n) is 4.72. The Hall–Kier alpha value is -1.83. The number of aryl methyl sites for hydroxylation is 2. The normalized spacial score (nSPS) is 10.4. The molecule has 8 heteroatoms. The zero-order valence-corrected chi connectivity index (χ0v) is 9.63. The van der Waals surface area contributed by atoms with E-state index in [1.165, 1.54) is 0 Å². The molecule has 0 saturated carbocycles. The lowest BCUT2D eigenvalue weighted by molar-refractivity contribution is 0.102. The molecule has 0 spiro atoms. The fraction of sp³-hybridized carbons (Fsp3) is 0.375. The van der Waals surface area contributed by atoms with E-state index >= 15 is 0 Å². The third-order valence-electron chi connectivity index (χ3n) is 1.92. The molecule has 0 aromatic carbocycles. The Bertz CT molecular complexity index is 504. The maximum absolute atomic E-state index is 11.8. The van der Waals surface area contributed by atoms with E-state index in [4.69, 9.17) is 0 Å². The van der Waals surface area contributed by atoms with E-state index in [9.17, 15) is 4.79 Å². The predicted octanol–water partition coefficient (Wildman–Crippen LogP) is 0.779. The van der Waals surface area contributed by atoms with Gasteiger partial charge in [0.1, 0.15) is 10.7 Å². The molecule has 84 valence electrons. The first-order valence-corrected chi connectivity index (χ1v) is 5.49. The summed E-state index contributed by atoms with van der Waals surface area (Å²) in [5.74, 6) is 0.636. The van der Waals surface area contributed by atoms with Crippen LogP contribution in [0.1, 0.15) is 28.1 Å². The van der Waals surface area contributed by atoms with Crippen LogP contribution >= 0.6 is 11.5 Å². The summed E-state index contributed by atoms with van der Waals surface area (Å²) in [5.41, 5.74) is 0.690. The average molecular weight is 238 g/mol. The molecule has 0 aliphatic carbocycles. The fourth-order valence-electron chi connectivity index (χ4n) is 1.17. The first-order chi connectivity index (χ1) is 7.70. The van der Waals surface area contributed by atoms with Crippen molar-refractivity contribution in [2.45, 2.75) is 20.3 Å². The van der Waals surface area contributed by atoms with Gasteiger partial charge < -0.3 is 0 Å². The summed E-state index contributed by atoms with van der Waals surface area (Å²) < 4.78 is 3.74. The van der Waals surface area contributed by atoms with Crippen LogP contribution < -0.4 is 5.32 Å². The number of carbonyl (C=O) groups is 1. The number of hydrogen-bond acceptors (Lipinski definition) is 6. The molecule has 16 heavy (non-hydrogen) atoms. The van der Waals surface area contributed by atoms with E-state index in [1.807, 2.05) is 6.92 Å². The number of amides is 1. The maximum Gasteiger partial charge on any atom is 0.271 e. The van der Waals surface area contributed by atoms with Crippen molar-refractivity contribution in [3.05, 3.63) is 16.4 Å². The first kappa shape index (κ1) is 10.7. The van der Waals surface area contributed by atoms with E-state index < -0.39 is 0 Å². The van der Waals surface area contributed by atoms with Gasteiger partial charge >= 0.3 is 0 Å². The summed E-state index contributed by atoms with van der Waals surface area (Å²) in [4.78, 5) is 16.3. The van der Waals surface area contributed by atoms with E-state index in [-0.39, 0.29) is 11.9 Å². The highest BCUT2D eigenvalue weighted by Gasteiger charge is 2.16. The largest absolute Gasteiger partial charge is 0.288 e. The Balaban J connectivity index is 2.14. The lowest BCUT2D eigenvalue weighted by Crippen LogP contribution is -2.13. The van der Waals surface area contributed by atoms with Crippen molar-refractivity contribution in [2.75, 3.05) is 5.32 Å². The second-order valence-corrected chi connectivity index (χ2v) is 3.85. The molecule has 2 aromatic rings. The van der Waals surface area contributed by atoms with Crippen molar-refractivity contribution in [1.82, 2.24) is 24.8 Å². The molecule has 1 amide bonds. The molecule has 0 saturated heterocycles. The topological polar surface area (TPSA) is 96.5 Å². The standard InChI is InChI=1S/C8H10N6OS/c1-3-5-6(16-14-12-5)7(15)10-8-9-4(2)11-13-8/h3H2,1-2H3,(H2,9,10,11,13,15). The van der Waals surface area contributed by atoms with Crippen molar-refractivity contribution in [3.63, 3.8) is 0 Å². The summed E-state index contributed by atoms with van der Waals surface area (Å²) in [6, 6.07) is 0. The minimum atomic E-state index is -0.272. The van der Waals surface area contributed by atoms with E-state index in [0.717, 1.165) is 11.5 Å². The molecule has 0 fully saturated rings. The lowest BCUT2D eigenvalue weighted by atomic mass is 10.3. The predicted molar refractivity (Wildman–Crippen MR) is 58.4 cm³/mol. The Morgan fingerprint density at radius 1 is 1.56 bits per heavy atom. The number of anilines is 1. The summed E-state index contributed by atoms with van der Waals surface area (Å²) in [6.07, 6.45) is 0.673. The van der Waals surface area contributed by atoms with Crippen molar-refractivity contribution < 1.29 is 4.79 Å². The van der Waals surface area contributed by atoms with Crippen molar-refractivity contribution >= 4 is 23.4 Å². The van der Waals surface area contributed by atoms with Gasteiger partial charge in [-0.1, -0.05) is 11.4 Å². The van der Waals surface area contributed by atoms with Crippen molar-refractivity contribution in [2.24, 2.45) is 0 Å². The van der Waals surface area contributed by atoms with Crippen LogP contribution in [-0.4, -0.2) is 30.7 Å². The van der Waals surface area contributed by atoms with Crippen LogP contribution in [-0.2, 0) is 6.42 Å². The van der Waals surface area contributed by atoms with Gasteiger partial charge in [-0.25, -0.2) is 0 Å². The number of nitrogens with zero attached hydrogens (tertiary/aromatic N) is 4. The van der Waals surface area contributed by atoms with Crippen LogP contribution in [0.5, 0.6) is 0 Å². The molecule has 2 heterocycles. The van der Waals surface area contributed by atoms with Gasteiger partial charge in [-0.3, -0.25) is 15.2 Å². The third-order valence-corrected chi connectivity index (χ3v) is 2.69. The summed E-state index contributed by atoms with van der Waals surface area (Å²) >= 11 is 1.07. The number of rotatable bonds is 3. The third kappa shape index (κ3) is 2.06. The molecule has 0 atom stereocenters.